The first-order chi connectivity index (χ1) is 8.69. The molecule has 2 rings (SSSR count). The summed E-state index contributed by atoms with van der Waals surface area (Å²) in [6.45, 7) is 5.51. The van der Waals surface area contributed by atoms with Crippen LogP contribution in [0.25, 0.3) is 0 Å². The summed E-state index contributed by atoms with van der Waals surface area (Å²) < 4.78 is 5.27. The van der Waals surface area contributed by atoms with Gasteiger partial charge < -0.3 is 15.4 Å². The molecular weight excluding hydrogens is 224 g/mol. The monoisotopic (exact) mass is 248 g/mol. The number of anilines is 1. The second kappa shape index (κ2) is 6.10. The summed E-state index contributed by atoms with van der Waals surface area (Å²) in [6.07, 6.45) is 3.82. The molecule has 100 valence electrons. The van der Waals surface area contributed by atoms with Crippen LogP contribution in [0.4, 0.5) is 5.69 Å². The maximum Gasteiger partial charge on any atom is 0.121 e. The second-order valence-corrected chi connectivity index (χ2v) is 5.26. The molecule has 0 aromatic heterocycles. The molecular formula is C15H24N2O. The van der Waals surface area contributed by atoms with Crippen LogP contribution < -0.4 is 15.4 Å². The molecule has 18 heavy (non-hydrogen) atoms. The van der Waals surface area contributed by atoms with Gasteiger partial charge in [-0.3, -0.25) is 0 Å². The van der Waals surface area contributed by atoms with Crippen molar-refractivity contribution in [2.75, 3.05) is 19.0 Å². The summed E-state index contributed by atoms with van der Waals surface area (Å²) in [5.41, 5.74) is 2.35. The Kier molecular flexibility index (Phi) is 4.48. The quantitative estimate of drug-likeness (QED) is 0.840. The Balaban J connectivity index is 1.89. The number of aryl methyl sites for hydroxylation is 1. The van der Waals surface area contributed by atoms with Crippen LogP contribution in [0, 0.1) is 6.92 Å². The molecule has 1 fully saturated rings. The average Bonchev–Trinajstić information content (AvgIpc) is 2.82. The highest BCUT2D eigenvalue weighted by atomic mass is 16.5. The van der Waals surface area contributed by atoms with E-state index in [0.717, 1.165) is 5.75 Å². The molecule has 0 amide bonds. The Labute approximate surface area is 110 Å². The summed E-state index contributed by atoms with van der Waals surface area (Å²) >= 11 is 0. The molecule has 0 aliphatic carbocycles. The summed E-state index contributed by atoms with van der Waals surface area (Å²) in [7, 11) is 1.71. The number of nitrogens with one attached hydrogen (secondary N) is 2. The number of rotatable bonds is 5. The Morgan fingerprint density at radius 2 is 2.33 bits per heavy atom. The van der Waals surface area contributed by atoms with Crippen molar-refractivity contribution in [2.24, 2.45) is 0 Å². The van der Waals surface area contributed by atoms with Crippen molar-refractivity contribution in [2.45, 2.75) is 45.2 Å². The van der Waals surface area contributed by atoms with Crippen molar-refractivity contribution in [3.8, 4) is 5.75 Å². The molecule has 1 aliphatic heterocycles. The SMILES string of the molecule is COc1ccc(NC(C)CC2CCCN2)cc1C. The molecule has 1 heterocycles. The van der Waals surface area contributed by atoms with Crippen LogP contribution in [0.15, 0.2) is 18.2 Å². The van der Waals surface area contributed by atoms with Crippen molar-refractivity contribution >= 4 is 5.69 Å². The largest absolute Gasteiger partial charge is 0.496 e. The van der Waals surface area contributed by atoms with Crippen LogP contribution in [-0.2, 0) is 0 Å². The fourth-order valence-electron chi connectivity index (χ4n) is 2.70. The smallest absolute Gasteiger partial charge is 0.121 e. The van der Waals surface area contributed by atoms with Gasteiger partial charge in [0.2, 0.25) is 0 Å². The van der Waals surface area contributed by atoms with Crippen molar-refractivity contribution in [1.29, 1.82) is 0 Å². The molecule has 0 bridgehead atoms. The Morgan fingerprint density at radius 1 is 1.50 bits per heavy atom. The van der Waals surface area contributed by atoms with Crippen LogP contribution >= 0.6 is 0 Å². The first-order valence-corrected chi connectivity index (χ1v) is 6.83. The maximum atomic E-state index is 5.27. The first kappa shape index (κ1) is 13.2. The van der Waals surface area contributed by atoms with Crippen molar-refractivity contribution in [3.63, 3.8) is 0 Å². The minimum absolute atomic E-state index is 0.494. The van der Waals surface area contributed by atoms with E-state index in [-0.39, 0.29) is 0 Å². The van der Waals surface area contributed by atoms with Crippen molar-refractivity contribution in [3.05, 3.63) is 23.8 Å². The molecule has 2 atom stereocenters. The van der Waals surface area contributed by atoms with Gasteiger partial charge >= 0.3 is 0 Å². The molecule has 1 aromatic carbocycles. The highest BCUT2D eigenvalue weighted by Crippen LogP contribution is 2.22. The fraction of sp³-hybridized carbons (Fsp3) is 0.600. The van der Waals surface area contributed by atoms with Gasteiger partial charge in [-0.05, 0) is 63.4 Å². The molecule has 0 radical (unpaired) electrons. The highest BCUT2D eigenvalue weighted by Gasteiger charge is 2.16. The zero-order chi connectivity index (χ0) is 13.0. The number of hydrogen-bond donors (Lipinski definition) is 2. The standard InChI is InChI=1S/C15H24N2O/c1-11-9-14(6-7-15(11)18-3)17-12(2)10-13-5-4-8-16-13/h6-7,9,12-13,16-17H,4-5,8,10H2,1-3H3. The van der Waals surface area contributed by atoms with E-state index >= 15 is 0 Å². The lowest BCUT2D eigenvalue weighted by atomic mass is 10.1. The molecule has 3 nitrogen and oxygen atoms in total. The van der Waals surface area contributed by atoms with E-state index in [9.17, 15) is 0 Å². The second-order valence-electron chi connectivity index (χ2n) is 5.26. The van der Waals surface area contributed by atoms with E-state index in [1.807, 2.05) is 6.07 Å². The Hall–Kier alpha value is -1.22. The molecule has 0 saturated carbocycles. The van der Waals surface area contributed by atoms with Gasteiger partial charge in [-0.25, -0.2) is 0 Å². The number of methoxy groups -OCH3 is 1. The predicted molar refractivity (Wildman–Crippen MR) is 76.5 cm³/mol. The average molecular weight is 248 g/mol. The minimum atomic E-state index is 0.494. The molecule has 3 heteroatoms. The molecule has 1 saturated heterocycles. The van der Waals surface area contributed by atoms with Gasteiger partial charge in [-0.1, -0.05) is 0 Å². The van der Waals surface area contributed by atoms with E-state index in [2.05, 4.69) is 36.6 Å². The molecule has 2 N–H and O–H groups in total. The zero-order valence-electron chi connectivity index (χ0n) is 11.6. The van der Waals surface area contributed by atoms with Crippen LogP contribution in [0.2, 0.25) is 0 Å². The van der Waals surface area contributed by atoms with E-state index in [0.29, 0.717) is 12.1 Å². The third-order valence-corrected chi connectivity index (χ3v) is 3.61. The molecule has 1 aromatic rings. The van der Waals surface area contributed by atoms with Gasteiger partial charge in [-0.15, -0.1) is 0 Å². The number of benzene rings is 1. The molecule has 2 unspecified atom stereocenters. The van der Waals surface area contributed by atoms with Gasteiger partial charge in [-0.2, -0.15) is 0 Å². The highest BCUT2D eigenvalue weighted by molar-refractivity contribution is 5.51. The number of hydrogen-bond acceptors (Lipinski definition) is 3. The molecule has 1 aliphatic rings. The maximum absolute atomic E-state index is 5.27. The van der Waals surface area contributed by atoms with E-state index in [1.54, 1.807) is 7.11 Å². The van der Waals surface area contributed by atoms with Crippen LogP contribution in [0.5, 0.6) is 5.75 Å². The summed E-state index contributed by atoms with van der Waals surface area (Å²) in [4.78, 5) is 0. The normalized spacial score (nSPS) is 20.7. The minimum Gasteiger partial charge on any atom is -0.496 e. The fourth-order valence-corrected chi connectivity index (χ4v) is 2.70. The number of ether oxygens (including phenoxy) is 1. The van der Waals surface area contributed by atoms with Crippen molar-refractivity contribution < 1.29 is 4.74 Å². The molecule has 0 spiro atoms. The van der Waals surface area contributed by atoms with Crippen LogP contribution in [-0.4, -0.2) is 25.7 Å². The summed E-state index contributed by atoms with van der Waals surface area (Å²) in [5.74, 6) is 0.950. The lowest BCUT2D eigenvalue weighted by Gasteiger charge is -2.20. The van der Waals surface area contributed by atoms with Gasteiger partial charge in [0, 0.05) is 17.8 Å². The van der Waals surface area contributed by atoms with Gasteiger partial charge in [0.25, 0.3) is 0 Å². The van der Waals surface area contributed by atoms with E-state index in [4.69, 9.17) is 4.74 Å². The predicted octanol–water partition coefficient (Wildman–Crippen LogP) is 2.95. The first-order valence-electron chi connectivity index (χ1n) is 6.83. The third-order valence-electron chi connectivity index (χ3n) is 3.61. The Morgan fingerprint density at radius 3 is 2.94 bits per heavy atom. The topological polar surface area (TPSA) is 33.3 Å². The summed E-state index contributed by atoms with van der Waals surface area (Å²) in [5, 5.41) is 7.11. The third kappa shape index (κ3) is 3.39. The van der Waals surface area contributed by atoms with Gasteiger partial charge in [0.15, 0.2) is 0 Å². The lowest BCUT2D eigenvalue weighted by molar-refractivity contribution is 0.411. The van der Waals surface area contributed by atoms with E-state index < -0.39 is 0 Å². The Bertz CT molecular complexity index is 386. The summed E-state index contributed by atoms with van der Waals surface area (Å²) in [6, 6.07) is 7.44. The zero-order valence-corrected chi connectivity index (χ0v) is 11.6. The van der Waals surface area contributed by atoms with Crippen LogP contribution in [0.1, 0.15) is 31.7 Å². The van der Waals surface area contributed by atoms with Crippen LogP contribution in [0.3, 0.4) is 0 Å². The van der Waals surface area contributed by atoms with Gasteiger partial charge in [0.05, 0.1) is 7.11 Å². The van der Waals surface area contributed by atoms with Crippen molar-refractivity contribution in [1.82, 2.24) is 5.32 Å². The lowest BCUT2D eigenvalue weighted by Crippen LogP contribution is -2.29. The van der Waals surface area contributed by atoms with Gasteiger partial charge in [0.1, 0.15) is 5.75 Å². The van der Waals surface area contributed by atoms with E-state index in [1.165, 1.54) is 37.1 Å².